The molecular weight excluding hydrogens is 300 g/mol. The minimum atomic E-state index is -0.864. The van der Waals surface area contributed by atoms with Gasteiger partial charge in [0.1, 0.15) is 18.9 Å². The summed E-state index contributed by atoms with van der Waals surface area (Å²) in [7, 11) is 1.89. The van der Waals surface area contributed by atoms with Crippen molar-refractivity contribution >= 4 is 17.6 Å². The van der Waals surface area contributed by atoms with Crippen molar-refractivity contribution in [3.63, 3.8) is 0 Å². The van der Waals surface area contributed by atoms with Crippen LogP contribution in [0.15, 0.2) is 18.2 Å². The molecule has 1 aromatic rings. The minimum absolute atomic E-state index is 0.0433. The molecule has 2 rings (SSSR count). The third kappa shape index (κ3) is 5.14. The Morgan fingerprint density at radius 3 is 2.74 bits per heavy atom. The standard InChI is InChI=1S/C16H22N2O5/c1-17(7-5-15(19)20)6-4-12-2-3-14-13(10-12)18(8-9-23-14)11-16(21)22/h2-3,10H,4-9,11H2,1H3,(H,19,20)(H,21,22). The highest BCUT2D eigenvalue weighted by Gasteiger charge is 2.20. The van der Waals surface area contributed by atoms with Crippen molar-refractivity contribution in [2.75, 3.05) is 44.7 Å². The van der Waals surface area contributed by atoms with E-state index < -0.39 is 11.9 Å². The lowest BCUT2D eigenvalue weighted by molar-refractivity contribution is -0.137. The second kappa shape index (κ2) is 7.82. The van der Waals surface area contributed by atoms with Crippen LogP contribution in [0.4, 0.5) is 5.69 Å². The lowest BCUT2D eigenvalue weighted by Gasteiger charge is -2.30. The number of carbonyl (C=O) groups is 2. The Labute approximate surface area is 135 Å². The van der Waals surface area contributed by atoms with Gasteiger partial charge < -0.3 is 24.7 Å². The number of aliphatic carboxylic acids is 2. The molecule has 126 valence electrons. The normalized spacial score (nSPS) is 13.6. The number of ether oxygens (including phenoxy) is 1. The zero-order chi connectivity index (χ0) is 16.8. The smallest absolute Gasteiger partial charge is 0.323 e. The Morgan fingerprint density at radius 2 is 2.04 bits per heavy atom. The second-order valence-electron chi connectivity index (χ2n) is 5.66. The van der Waals surface area contributed by atoms with E-state index in [4.69, 9.17) is 14.9 Å². The van der Waals surface area contributed by atoms with Crippen LogP contribution in [-0.2, 0) is 16.0 Å². The van der Waals surface area contributed by atoms with Crippen LogP contribution in [0.2, 0.25) is 0 Å². The molecule has 0 fully saturated rings. The van der Waals surface area contributed by atoms with E-state index >= 15 is 0 Å². The molecule has 1 aromatic carbocycles. The zero-order valence-electron chi connectivity index (χ0n) is 13.2. The van der Waals surface area contributed by atoms with Crippen LogP contribution in [0.25, 0.3) is 0 Å². The summed E-state index contributed by atoms with van der Waals surface area (Å²) in [6.45, 7) is 2.25. The van der Waals surface area contributed by atoms with E-state index in [0.29, 0.717) is 25.4 Å². The molecule has 0 saturated heterocycles. The van der Waals surface area contributed by atoms with Gasteiger partial charge in [-0.3, -0.25) is 9.59 Å². The van der Waals surface area contributed by atoms with E-state index in [2.05, 4.69) is 0 Å². The van der Waals surface area contributed by atoms with E-state index in [1.165, 1.54) is 0 Å². The lowest BCUT2D eigenvalue weighted by atomic mass is 10.1. The Balaban J connectivity index is 1.98. The molecule has 0 bridgehead atoms. The van der Waals surface area contributed by atoms with Gasteiger partial charge in [0, 0.05) is 13.1 Å². The lowest BCUT2D eigenvalue weighted by Crippen LogP contribution is -2.36. The van der Waals surface area contributed by atoms with Gasteiger partial charge in [-0.25, -0.2) is 0 Å². The predicted molar refractivity (Wildman–Crippen MR) is 85.2 cm³/mol. The Hall–Kier alpha value is -2.28. The minimum Gasteiger partial charge on any atom is -0.490 e. The monoisotopic (exact) mass is 322 g/mol. The summed E-state index contributed by atoms with van der Waals surface area (Å²) >= 11 is 0. The van der Waals surface area contributed by atoms with E-state index in [-0.39, 0.29) is 13.0 Å². The highest BCUT2D eigenvalue weighted by Crippen LogP contribution is 2.32. The van der Waals surface area contributed by atoms with Gasteiger partial charge in [0.2, 0.25) is 0 Å². The largest absolute Gasteiger partial charge is 0.490 e. The predicted octanol–water partition coefficient (Wildman–Crippen LogP) is 0.919. The second-order valence-corrected chi connectivity index (χ2v) is 5.66. The van der Waals surface area contributed by atoms with Gasteiger partial charge in [-0.15, -0.1) is 0 Å². The SMILES string of the molecule is CN(CCC(=O)O)CCc1ccc2c(c1)N(CC(=O)O)CCO2. The topological polar surface area (TPSA) is 90.3 Å². The Morgan fingerprint density at radius 1 is 1.26 bits per heavy atom. The van der Waals surface area contributed by atoms with E-state index in [9.17, 15) is 9.59 Å². The van der Waals surface area contributed by atoms with Crippen molar-refractivity contribution in [3.8, 4) is 5.75 Å². The first-order chi connectivity index (χ1) is 11.0. The molecule has 1 heterocycles. The molecule has 2 N–H and O–H groups in total. The molecule has 0 radical (unpaired) electrons. The maximum Gasteiger partial charge on any atom is 0.323 e. The van der Waals surface area contributed by atoms with Crippen molar-refractivity contribution in [2.45, 2.75) is 12.8 Å². The molecule has 23 heavy (non-hydrogen) atoms. The number of rotatable bonds is 8. The average Bonchev–Trinajstić information content (AvgIpc) is 2.50. The molecule has 0 saturated carbocycles. The van der Waals surface area contributed by atoms with Crippen LogP contribution in [0, 0.1) is 0 Å². The van der Waals surface area contributed by atoms with E-state index in [1.54, 1.807) is 4.90 Å². The highest BCUT2D eigenvalue weighted by atomic mass is 16.5. The number of fused-ring (bicyclic) bond motifs is 1. The molecule has 0 atom stereocenters. The fraction of sp³-hybridized carbons (Fsp3) is 0.500. The number of hydrogen-bond donors (Lipinski definition) is 2. The zero-order valence-corrected chi connectivity index (χ0v) is 13.2. The number of likely N-dealkylation sites (N-methyl/N-ethyl adjacent to an activating group) is 1. The quantitative estimate of drug-likeness (QED) is 0.735. The number of carboxylic acids is 2. The average molecular weight is 322 g/mol. The molecule has 7 nitrogen and oxygen atoms in total. The van der Waals surface area contributed by atoms with Crippen LogP contribution >= 0.6 is 0 Å². The van der Waals surface area contributed by atoms with Crippen LogP contribution in [0.1, 0.15) is 12.0 Å². The summed E-state index contributed by atoms with van der Waals surface area (Å²) in [5.41, 5.74) is 1.89. The van der Waals surface area contributed by atoms with Crippen molar-refractivity contribution in [3.05, 3.63) is 23.8 Å². The number of nitrogens with zero attached hydrogens (tertiary/aromatic N) is 2. The number of benzene rings is 1. The molecule has 0 aliphatic carbocycles. The maximum atomic E-state index is 11.0. The van der Waals surface area contributed by atoms with Gasteiger partial charge in [0.05, 0.1) is 18.7 Å². The van der Waals surface area contributed by atoms with Crippen molar-refractivity contribution in [1.29, 1.82) is 0 Å². The van der Waals surface area contributed by atoms with Crippen molar-refractivity contribution in [1.82, 2.24) is 4.90 Å². The molecule has 0 amide bonds. The summed E-state index contributed by atoms with van der Waals surface area (Å²) in [5.74, 6) is -0.954. The fourth-order valence-electron chi connectivity index (χ4n) is 2.52. The first-order valence-electron chi connectivity index (χ1n) is 7.58. The molecule has 1 aliphatic heterocycles. The molecule has 7 heteroatoms. The van der Waals surface area contributed by atoms with Crippen LogP contribution in [0.5, 0.6) is 5.75 Å². The van der Waals surface area contributed by atoms with Crippen LogP contribution < -0.4 is 9.64 Å². The third-order valence-corrected chi connectivity index (χ3v) is 3.80. The number of hydrogen-bond acceptors (Lipinski definition) is 5. The maximum absolute atomic E-state index is 11.0. The first kappa shape index (κ1) is 17.1. The molecule has 0 aromatic heterocycles. The summed E-state index contributed by atoms with van der Waals surface area (Å²) in [6, 6.07) is 5.80. The number of anilines is 1. The highest BCUT2D eigenvalue weighted by molar-refractivity contribution is 5.75. The van der Waals surface area contributed by atoms with Crippen LogP contribution in [-0.4, -0.2) is 66.9 Å². The van der Waals surface area contributed by atoms with Gasteiger partial charge >= 0.3 is 11.9 Å². The Bertz CT molecular complexity index is 576. The van der Waals surface area contributed by atoms with E-state index in [0.717, 1.165) is 24.2 Å². The van der Waals surface area contributed by atoms with E-state index in [1.807, 2.05) is 30.1 Å². The van der Waals surface area contributed by atoms with Gasteiger partial charge in [-0.1, -0.05) is 6.07 Å². The summed E-state index contributed by atoms with van der Waals surface area (Å²) in [4.78, 5) is 25.3. The fourth-order valence-corrected chi connectivity index (χ4v) is 2.52. The van der Waals surface area contributed by atoms with Crippen molar-refractivity contribution in [2.24, 2.45) is 0 Å². The molecule has 1 aliphatic rings. The van der Waals surface area contributed by atoms with Gasteiger partial charge in [0.25, 0.3) is 0 Å². The first-order valence-corrected chi connectivity index (χ1v) is 7.58. The van der Waals surface area contributed by atoms with Crippen LogP contribution in [0.3, 0.4) is 0 Å². The molecule has 0 unspecified atom stereocenters. The van der Waals surface area contributed by atoms with Crippen molar-refractivity contribution < 1.29 is 24.5 Å². The Kier molecular flexibility index (Phi) is 5.81. The third-order valence-electron chi connectivity index (χ3n) is 3.80. The van der Waals surface area contributed by atoms with Gasteiger partial charge in [-0.05, 0) is 31.2 Å². The molecular formula is C16H22N2O5. The summed E-state index contributed by atoms with van der Waals surface area (Å²) < 4.78 is 5.57. The number of carboxylic acid groups (broad SMARTS) is 2. The molecule has 0 spiro atoms. The van der Waals surface area contributed by atoms with Gasteiger partial charge in [-0.2, -0.15) is 0 Å². The summed E-state index contributed by atoms with van der Waals surface area (Å²) in [5, 5.41) is 17.7. The van der Waals surface area contributed by atoms with Gasteiger partial charge in [0.15, 0.2) is 0 Å². The summed E-state index contributed by atoms with van der Waals surface area (Å²) in [6.07, 6.45) is 0.894.